The van der Waals surface area contributed by atoms with Crippen molar-refractivity contribution in [3.8, 4) is 5.75 Å². The summed E-state index contributed by atoms with van der Waals surface area (Å²) in [5.41, 5.74) is 2.44. The molecule has 1 fully saturated rings. The van der Waals surface area contributed by atoms with Crippen LogP contribution in [0.15, 0.2) is 103 Å². The summed E-state index contributed by atoms with van der Waals surface area (Å²) in [6.07, 6.45) is -1.65. The Morgan fingerprint density at radius 1 is 0.962 bits per heavy atom. The molecule has 2 aliphatic heterocycles. The van der Waals surface area contributed by atoms with Gasteiger partial charge in [0.2, 0.25) is 5.91 Å². The van der Waals surface area contributed by atoms with E-state index in [1.807, 2.05) is 78.9 Å². The second-order valence-corrected chi connectivity index (χ2v) is 19.3. The van der Waals surface area contributed by atoms with Gasteiger partial charge in [-0.25, -0.2) is 0 Å². The Labute approximate surface area is 312 Å². The van der Waals surface area contributed by atoms with Crippen LogP contribution in [-0.2, 0) is 37.8 Å². The zero-order valence-electron chi connectivity index (χ0n) is 31.0. The van der Waals surface area contributed by atoms with Crippen LogP contribution in [0.1, 0.15) is 37.0 Å². The van der Waals surface area contributed by atoms with Crippen molar-refractivity contribution >= 4 is 42.4 Å². The van der Waals surface area contributed by atoms with Gasteiger partial charge in [0, 0.05) is 30.3 Å². The van der Waals surface area contributed by atoms with Crippen molar-refractivity contribution < 1.29 is 34.1 Å². The Balaban J connectivity index is 1.36. The number of aliphatic hydroxyl groups is 2. The number of nitrogens with one attached hydrogen (secondary N) is 1. The summed E-state index contributed by atoms with van der Waals surface area (Å²) >= 11 is 0. The molecule has 1 spiro atoms. The molecule has 10 nitrogen and oxygen atoms in total. The van der Waals surface area contributed by atoms with Crippen LogP contribution >= 0.6 is 0 Å². The highest BCUT2D eigenvalue weighted by Crippen LogP contribution is 2.60. The summed E-state index contributed by atoms with van der Waals surface area (Å²) < 4.78 is 12.6. The molecule has 3 N–H and O–H groups in total. The summed E-state index contributed by atoms with van der Waals surface area (Å²) in [5.74, 6) is -0.346. The van der Waals surface area contributed by atoms with Gasteiger partial charge in [-0.2, -0.15) is 0 Å². The van der Waals surface area contributed by atoms with Crippen molar-refractivity contribution in [3.05, 3.63) is 120 Å². The van der Waals surface area contributed by atoms with Crippen LogP contribution in [0.3, 0.4) is 0 Å². The topological polar surface area (TPSA) is 129 Å². The summed E-state index contributed by atoms with van der Waals surface area (Å²) in [6.45, 7) is 8.71. The number of anilines is 2. The number of fused-ring (bicyclic) bond motifs is 2. The smallest absolute Gasteiger partial charge is 0.264 e. The standard InChI is InChI=1S/C42H49N3O7Si/c1-28-39(53(4,5)34-21-19-33(51-3)20-22-34)37(25-38(48)44(23-24-46)26-30-11-7-6-8-12-30)52-42(28)35-13-9-10-14-36(35)45(41(42)50)27-31-15-17-32(18-16-31)43-40(49)29(2)47/h6-22,28-29,37,39,46-47H,23-27H2,1-5H3,(H,43,49)/t28-,29+,37+,39-,42+/m1/s1. The monoisotopic (exact) mass is 735 g/mol. The first-order chi connectivity index (χ1) is 25.4. The predicted octanol–water partition coefficient (Wildman–Crippen LogP) is 5.19. The maximum Gasteiger partial charge on any atom is 0.264 e. The minimum Gasteiger partial charge on any atom is -0.497 e. The third-order valence-corrected chi connectivity index (χ3v) is 15.4. The molecule has 4 aromatic carbocycles. The lowest BCUT2D eigenvalue weighted by molar-refractivity contribution is -0.150. The van der Waals surface area contributed by atoms with Crippen LogP contribution in [0, 0.1) is 5.92 Å². The number of nitrogens with zero attached hydrogens (tertiary/aromatic N) is 2. The second kappa shape index (κ2) is 15.7. The average Bonchev–Trinajstić information content (AvgIpc) is 3.58. The van der Waals surface area contributed by atoms with Gasteiger partial charge in [0.1, 0.15) is 11.9 Å². The van der Waals surface area contributed by atoms with Gasteiger partial charge < -0.3 is 34.8 Å². The van der Waals surface area contributed by atoms with E-state index in [1.165, 1.54) is 12.1 Å². The minimum absolute atomic E-state index is 0.0608. The van der Waals surface area contributed by atoms with Crippen molar-refractivity contribution in [1.82, 2.24) is 4.90 Å². The molecule has 278 valence electrons. The third-order valence-electron chi connectivity index (χ3n) is 11.0. The van der Waals surface area contributed by atoms with Crippen LogP contribution in [0.5, 0.6) is 5.75 Å². The van der Waals surface area contributed by atoms with Crippen molar-refractivity contribution in [1.29, 1.82) is 0 Å². The van der Waals surface area contributed by atoms with Gasteiger partial charge >= 0.3 is 0 Å². The number of para-hydroxylation sites is 1. The number of methoxy groups -OCH3 is 1. The minimum atomic E-state index is -2.49. The molecule has 4 aromatic rings. The fourth-order valence-electron chi connectivity index (χ4n) is 8.27. The number of ether oxygens (including phenoxy) is 2. The van der Waals surface area contributed by atoms with Gasteiger partial charge in [0.05, 0.1) is 46.5 Å². The first-order valence-electron chi connectivity index (χ1n) is 18.1. The molecule has 2 aliphatic rings. The molecule has 0 bridgehead atoms. The molecule has 3 amide bonds. The number of aliphatic hydroxyl groups excluding tert-OH is 2. The molecular formula is C42H49N3O7Si. The quantitative estimate of drug-likeness (QED) is 0.161. The largest absolute Gasteiger partial charge is 0.497 e. The van der Waals surface area contributed by atoms with Gasteiger partial charge in [-0.1, -0.05) is 98.0 Å². The maximum atomic E-state index is 15.1. The molecule has 11 heteroatoms. The SMILES string of the molecule is COc1ccc([Si](C)(C)[C@H]2[C@H](CC(=O)N(CCO)Cc3ccccc3)O[C@@]3(C(=O)N(Cc4ccc(NC(=O)[C@H](C)O)cc4)c4ccccc43)[C@@H]2C)cc1. The van der Waals surface area contributed by atoms with Crippen molar-refractivity contribution in [3.63, 3.8) is 0 Å². The van der Waals surface area contributed by atoms with E-state index in [1.54, 1.807) is 29.0 Å². The van der Waals surface area contributed by atoms with Crippen molar-refractivity contribution in [2.45, 2.75) is 69.8 Å². The lowest BCUT2D eigenvalue weighted by Gasteiger charge is -2.37. The highest BCUT2D eigenvalue weighted by molar-refractivity contribution is 6.91. The van der Waals surface area contributed by atoms with E-state index in [2.05, 4.69) is 37.5 Å². The number of amides is 3. The van der Waals surface area contributed by atoms with E-state index in [4.69, 9.17) is 9.47 Å². The number of carbonyl (C=O) groups excluding carboxylic acids is 3. The molecule has 0 aliphatic carbocycles. The summed E-state index contributed by atoms with van der Waals surface area (Å²) in [7, 11) is -0.854. The Kier molecular flexibility index (Phi) is 11.2. The Morgan fingerprint density at radius 2 is 1.62 bits per heavy atom. The average molecular weight is 736 g/mol. The molecule has 0 saturated carbocycles. The Morgan fingerprint density at radius 3 is 2.26 bits per heavy atom. The number of hydrogen-bond donors (Lipinski definition) is 3. The van der Waals surface area contributed by atoms with Crippen LogP contribution in [0.25, 0.3) is 0 Å². The lowest BCUT2D eigenvalue weighted by atomic mass is 9.82. The molecule has 53 heavy (non-hydrogen) atoms. The molecule has 1 saturated heterocycles. The van der Waals surface area contributed by atoms with Crippen molar-refractivity contribution in [2.75, 3.05) is 30.5 Å². The number of rotatable bonds is 13. The maximum absolute atomic E-state index is 15.1. The van der Waals surface area contributed by atoms with Crippen LogP contribution in [0.4, 0.5) is 11.4 Å². The highest BCUT2D eigenvalue weighted by Gasteiger charge is 2.66. The number of hydrogen-bond acceptors (Lipinski definition) is 7. The Bertz CT molecular complexity index is 1920. The fourth-order valence-corrected chi connectivity index (χ4v) is 12.3. The zero-order valence-corrected chi connectivity index (χ0v) is 32.0. The summed E-state index contributed by atoms with van der Waals surface area (Å²) in [6, 6.07) is 32.8. The van der Waals surface area contributed by atoms with Gasteiger partial charge in [-0.15, -0.1) is 0 Å². The van der Waals surface area contributed by atoms with E-state index in [-0.39, 0.29) is 49.4 Å². The van der Waals surface area contributed by atoms with Gasteiger partial charge in [-0.05, 0) is 53.9 Å². The van der Waals surface area contributed by atoms with E-state index < -0.39 is 31.8 Å². The molecule has 5 atom stereocenters. The van der Waals surface area contributed by atoms with Gasteiger partial charge in [-0.3, -0.25) is 14.4 Å². The number of carbonyl (C=O) groups is 3. The summed E-state index contributed by atoms with van der Waals surface area (Å²) in [5, 5.41) is 23.4. The van der Waals surface area contributed by atoms with E-state index in [0.717, 1.165) is 28.1 Å². The molecule has 6 rings (SSSR count). The number of benzene rings is 4. The molecule has 2 heterocycles. The summed E-state index contributed by atoms with van der Waals surface area (Å²) in [4.78, 5) is 44.8. The first-order valence-corrected chi connectivity index (χ1v) is 21.2. The molecule has 0 aromatic heterocycles. The first kappa shape index (κ1) is 37.9. The van der Waals surface area contributed by atoms with Crippen LogP contribution < -0.4 is 20.1 Å². The lowest BCUT2D eigenvalue weighted by Crippen LogP contribution is -2.52. The highest BCUT2D eigenvalue weighted by atomic mass is 28.3. The van der Waals surface area contributed by atoms with Gasteiger partial charge in [0.25, 0.3) is 11.8 Å². The van der Waals surface area contributed by atoms with E-state index in [0.29, 0.717) is 12.2 Å². The fraction of sp³-hybridized carbons (Fsp3) is 0.357. The van der Waals surface area contributed by atoms with Gasteiger partial charge in [0.15, 0.2) is 5.60 Å². The van der Waals surface area contributed by atoms with Crippen LogP contribution in [0.2, 0.25) is 18.6 Å². The van der Waals surface area contributed by atoms with E-state index >= 15 is 4.79 Å². The molecule has 0 radical (unpaired) electrons. The Hall–Kier alpha value is -4.81. The second-order valence-electron chi connectivity index (χ2n) is 14.7. The van der Waals surface area contributed by atoms with Crippen LogP contribution in [-0.4, -0.2) is 73.4 Å². The van der Waals surface area contributed by atoms with Crippen molar-refractivity contribution in [2.24, 2.45) is 5.92 Å². The van der Waals surface area contributed by atoms with E-state index in [9.17, 15) is 19.8 Å². The third kappa shape index (κ3) is 7.39. The molecular weight excluding hydrogens is 687 g/mol. The normalized spacial score (nSPS) is 21.4. The zero-order chi connectivity index (χ0) is 37.9. The molecule has 0 unspecified atom stereocenters. The predicted molar refractivity (Wildman–Crippen MR) is 208 cm³/mol.